The first kappa shape index (κ1) is 17.5. The van der Waals surface area contributed by atoms with Gasteiger partial charge in [0.15, 0.2) is 0 Å². The Morgan fingerprint density at radius 2 is 1.86 bits per heavy atom. The van der Waals surface area contributed by atoms with Crippen molar-refractivity contribution in [2.24, 2.45) is 0 Å². The van der Waals surface area contributed by atoms with Crippen LogP contribution in [-0.2, 0) is 14.8 Å². The highest BCUT2D eigenvalue weighted by atomic mass is 32.2. The van der Waals surface area contributed by atoms with Crippen LogP contribution in [0.1, 0.15) is 20.3 Å². The third kappa shape index (κ3) is 3.95. The van der Waals surface area contributed by atoms with Crippen LogP contribution in [0.25, 0.3) is 0 Å². The van der Waals surface area contributed by atoms with Crippen LogP contribution in [0, 0.1) is 0 Å². The first-order valence-electron chi connectivity index (χ1n) is 6.71. The average Bonchev–Trinajstić information content (AvgIpc) is 2.43. The Morgan fingerprint density at radius 1 is 1.29 bits per heavy atom. The number of hydrogen-bond donors (Lipinski definition) is 1. The summed E-state index contributed by atoms with van der Waals surface area (Å²) in [7, 11) is -0.721. The van der Waals surface area contributed by atoms with Crippen molar-refractivity contribution in [3.05, 3.63) is 24.3 Å². The van der Waals surface area contributed by atoms with E-state index in [4.69, 9.17) is 5.11 Å². The molecule has 0 fully saturated rings. The van der Waals surface area contributed by atoms with Crippen LogP contribution >= 0.6 is 0 Å². The molecule has 7 heteroatoms. The van der Waals surface area contributed by atoms with E-state index in [9.17, 15) is 13.2 Å². The van der Waals surface area contributed by atoms with Crippen molar-refractivity contribution >= 4 is 21.7 Å². The molecule has 0 saturated carbocycles. The molecule has 0 bridgehead atoms. The van der Waals surface area contributed by atoms with Gasteiger partial charge in [-0.1, -0.05) is 19.1 Å². The second kappa shape index (κ2) is 6.91. The van der Waals surface area contributed by atoms with Gasteiger partial charge in [0.05, 0.1) is 5.69 Å². The zero-order valence-corrected chi connectivity index (χ0v) is 13.6. The Bertz CT molecular complexity index is 599. The van der Waals surface area contributed by atoms with E-state index in [1.807, 2.05) is 13.8 Å². The van der Waals surface area contributed by atoms with Gasteiger partial charge in [0.25, 0.3) is 0 Å². The van der Waals surface area contributed by atoms with Crippen LogP contribution in [-0.4, -0.2) is 50.5 Å². The maximum atomic E-state index is 12.4. The highest BCUT2D eigenvalue weighted by Gasteiger charge is 2.26. The lowest BCUT2D eigenvalue weighted by molar-refractivity contribution is -0.135. The topological polar surface area (TPSA) is 77.9 Å². The summed E-state index contributed by atoms with van der Waals surface area (Å²) in [6, 6.07) is 6.41. The van der Waals surface area contributed by atoms with Crippen LogP contribution < -0.4 is 4.90 Å². The molecule has 0 spiro atoms. The predicted octanol–water partition coefficient (Wildman–Crippen LogP) is 1.63. The van der Waals surface area contributed by atoms with Gasteiger partial charge in [-0.05, 0) is 25.5 Å². The zero-order valence-electron chi connectivity index (χ0n) is 12.8. The summed E-state index contributed by atoms with van der Waals surface area (Å²) in [6.07, 6.45) is 0.712. The molecule has 21 heavy (non-hydrogen) atoms. The first-order chi connectivity index (χ1) is 9.71. The van der Waals surface area contributed by atoms with Crippen LogP contribution in [0.5, 0.6) is 0 Å². The molecule has 0 aliphatic heterocycles. The van der Waals surface area contributed by atoms with Gasteiger partial charge in [-0.2, -0.15) is 0 Å². The number of sulfonamides is 1. The van der Waals surface area contributed by atoms with Crippen LogP contribution in [0.4, 0.5) is 5.69 Å². The Kier molecular flexibility index (Phi) is 5.74. The van der Waals surface area contributed by atoms with Gasteiger partial charge in [0, 0.05) is 20.1 Å². The molecule has 0 radical (unpaired) electrons. The summed E-state index contributed by atoms with van der Waals surface area (Å²) >= 11 is 0. The molecule has 1 N–H and O–H groups in total. The minimum atomic E-state index is -3.63. The van der Waals surface area contributed by atoms with Crippen LogP contribution in [0.3, 0.4) is 0 Å². The molecule has 0 amide bonds. The van der Waals surface area contributed by atoms with Gasteiger partial charge in [-0.3, -0.25) is 4.79 Å². The van der Waals surface area contributed by atoms with Crippen molar-refractivity contribution in [2.45, 2.75) is 31.2 Å². The highest BCUT2D eigenvalue weighted by molar-refractivity contribution is 7.89. The minimum Gasteiger partial charge on any atom is -0.480 e. The highest BCUT2D eigenvalue weighted by Crippen LogP contribution is 2.28. The van der Waals surface area contributed by atoms with E-state index >= 15 is 0 Å². The number of hydrogen-bond acceptors (Lipinski definition) is 4. The van der Waals surface area contributed by atoms with Gasteiger partial charge in [-0.25, -0.2) is 12.7 Å². The third-order valence-electron chi connectivity index (χ3n) is 3.36. The number of rotatable bonds is 7. The Morgan fingerprint density at radius 3 is 2.33 bits per heavy atom. The molecule has 1 unspecified atom stereocenters. The average molecular weight is 314 g/mol. The second-order valence-electron chi connectivity index (χ2n) is 5.03. The summed E-state index contributed by atoms with van der Waals surface area (Å²) in [5.41, 5.74) is 0.419. The standard InChI is InChI=1S/C14H22N2O4S/c1-5-11(2)16(10-14(17)18)12-8-6-7-9-13(12)21(19,20)15(3)4/h6-9,11H,5,10H2,1-4H3,(H,17,18). The van der Waals surface area contributed by atoms with E-state index < -0.39 is 16.0 Å². The molecule has 1 atom stereocenters. The monoisotopic (exact) mass is 314 g/mol. The normalized spacial score (nSPS) is 13.2. The molecule has 0 aliphatic carbocycles. The maximum Gasteiger partial charge on any atom is 0.323 e. The fourth-order valence-corrected chi connectivity index (χ4v) is 3.05. The van der Waals surface area contributed by atoms with Gasteiger partial charge in [0.1, 0.15) is 11.4 Å². The number of para-hydroxylation sites is 1. The Hall–Kier alpha value is -1.60. The minimum absolute atomic E-state index is 0.0837. The molecule has 0 heterocycles. The van der Waals surface area contributed by atoms with Gasteiger partial charge >= 0.3 is 5.97 Å². The molecule has 1 aromatic carbocycles. The number of carboxylic acids is 1. The number of aliphatic carboxylic acids is 1. The second-order valence-corrected chi connectivity index (χ2v) is 7.15. The molecule has 0 aliphatic rings. The lowest BCUT2D eigenvalue weighted by Gasteiger charge is -2.31. The van der Waals surface area contributed by atoms with E-state index in [0.29, 0.717) is 12.1 Å². The lowest BCUT2D eigenvalue weighted by atomic mass is 10.2. The van der Waals surface area contributed by atoms with E-state index in [1.54, 1.807) is 23.1 Å². The molecular weight excluding hydrogens is 292 g/mol. The molecule has 1 aromatic rings. The van der Waals surface area contributed by atoms with Crippen LogP contribution in [0.15, 0.2) is 29.2 Å². The molecule has 1 rings (SSSR count). The summed E-state index contributed by atoms with van der Waals surface area (Å²) in [4.78, 5) is 12.8. The summed E-state index contributed by atoms with van der Waals surface area (Å²) in [6.45, 7) is 3.57. The van der Waals surface area contributed by atoms with Gasteiger partial charge < -0.3 is 10.0 Å². The van der Waals surface area contributed by atoms with Crippen molar-refractivity contribution in [1.29, 1.82) is 0 Å². The van der Waals surface area contributed by atoms with Crippen molar-refractivity contribution in [3.8, 4) is 0 Å². The molecular formula is C14H22N2O4S. The Balaban J connectivity index is 3.43. The largest absolute Gasteiger partial charge is 0.480 e. The number of carbonyl (C=O) groups is 1. The molecule has 118 valence electrons. The van der Waals surface area contributed by atoms with Crippen LogP contribution in [0.2, 0.25) is 0 Å². The van der Waals surface area contributed by atoms with E-state index in [0.717, 1.165) is 4.31 Å². The SMILES string of the molecule is CCC(C)N(CC(=O)O)c1ccccc1S(=O)(=O)N(C)C. The number of anilines is 1. The number of nitrogens with zero attached hydrogens (tertiary/aromatic N) is 2. The quantitative estimate of drug-likeness (QED) is 0.827. The van der Waals surface area contributed by atoms with Crippen molar-refractivity contribution in [3.63, 3.8) is 0 Å². The maximum absolute atomic E-state index is 12.4. The smallest absolute Gasteiger partial charge is 0.323 e. The van der Waals surface area contributed by atoms with E-state index in [1.165, 1.54) is 20.2 Å². The Labute approximate surface area is 126 Å². The summed E-state index contributed by atoms with van der Waals surface area (Å²) in [5.74, 6) is -0.993. The fourth-order valence-electron chi connectivity index (χ4n) is 1.95. The number of carboxylic acid groups (broad SMARTS) is 1. The first-order valence-corrected chi connectivity index (χ1v) is 8.15. The van der Waals surface area contributed by atoms with Crippen molar-refractivity contribution < 1.29 is 18.3 Å². The third-order valence-corrected chi connectivity index (χ3v) is 5.22. The molecule has 0 saturated heterocycles. The molecule has 0 aromatic heterocycles. The zero-order chi connectivity index (χ0) is 16.2. The van der Waals surface area contributed by atoms with Crippen molar-refractivity contribution in [1.82, 2.24) is 4.31 Å². The van der Waals surface area contributed by atoms with Gasteiger partial charge in [-0.15, -0.1) is 0 Å². The van der Waals surface area contributed by atoms with Gasteiger partial charge in [0.2, 0.25) is 10.0 Å². The lowest BCUT2D eigenvalue weighted by Crippen LogP contribution is -2.38. The van der Waals surface area contributed by atoms with Crippen molar-refractivity contribution in [2.75, 3.05) is 25.5 Å². The fraction of sp³-hybridized carbons (Fsp3) is 0.500. The summed E-state index contributed by atoms with van der Waals surface area (Å²) < 4.78 is 25.9. The van der Waals surface area contributed by atoms with E-state index in [-0.39, 0.29) is 17.5 Å². The predicted molar refractivity (Wildman–Crippen MR) is 82.0 cm³/mol. The van der Waals surface area contributed by atoms with E-state index in [2.05, 4.69) is 0 Å². The number of benzene rings is 1. The molecule has 6 nitrogen and oxygen atoms in total. The summed E-state index contributed by atoms with van der Waals surface area (Å²) in [5, 5.41) is 9.09.